The average Bonchev–Trinajstić information content (AvgIpc) is 2.46. The fraction of sp³-hybridized carbons (Fsp3) is 0.538. The van der Waals surface area contributed by atoms with Crippen LogP contribution in [0.25, 0.3) is 0 Å². The molecule has 1 atom stereocenters. The minimum atomic E-state index is -0.0516. The zero-order valence-electron chi connectivity index (χ0n) is 9.79. The molecule has 0 aromatic rings. The second-order valence-electron chi connectivity index (χ2n) is 5.32. The lowest BCUT2D eigenvalue weighted by Crippen LogP contribution is -2.25. The maximum absolute atomic E-state index is 11.7. The molecular weight excluding hydrogens is 186 g/mol. The number of rotatable bonds is 0. The molecule has 1 unspecified atom stereocenters. The summed E-state index contributed by atoms with van der Waals surface area (Å²) in [5.74, 6) is 0.192. The first kappa shape index (κ1) is 10.3. The van der Waals surface area contributed by atoms with Gasteiger partial charge < -0.3 is 0 Å². The van der Waals surface area contributed by atoms with Gasteiger partial charge in [-0.25, -0.2) is 0 Å². The van der Waals surface area contributed by atoms with Crippen molar-refractivity contribution in [2.24, 2.45) is 16.3 Å². The monoisotopic (exact) mass is 203 g/mol. The van der Waals surface area contributed by atoms with E-state index in [1.807, 2.05) is 6.08 Å². The van der Waals surface area contributed by atoms with Crippen LogP contribution in [-0.2, 0) is 4.79 Å². The lowest BCUT2D eigenvalue weighted by Gasteiger charge is -2.28. The Morgan fingerprint density at radius 1 is 1.33 bits per heavy atom. The predicted octanol–water partition coefficient (Wildman–Crippen LogP) is 2.56. The Morgan fingerprint density at radius 3 is 2.60 bits per heavy atom. The van der Waals surface area contributed by atoms with Crippen molar-refractivity contribution in [2.75, 3.05) is 6.54 Å². The van der Waals surface area contributed by atoms with E-state index in [9.17, 15) is 4.79 Å². The summed E-state index contributed by atoms with van der Waals surface area (Å²) in [6.45, 7) is 8.96. The normalized spacial score (nSPS) is 25.7. The van der Waals surface area contributed by atoms with Gasteiger partial charge in [0.2, 0.25) is 0 Å². The van der Waals surface area contributed by atoms with E-state index in [1.54, 1.807) is 0 Å². The SMILES string of the molecule is CC1=C(C(C)(C)C)C=CC2=NCC(=O)C21. The number of nitrogens with zero attached hydrogens (tertiary/aromatic N) is 1. The summed E-state index contributed by atoms with van der Waals surface area (Å²) in [6.07, 6.45) is 4.12. The van der Waals surface area contributed by atoms with Gasteiger partial charge in [-0.3, -0.25) is 9.79 Å². The Labute approximate surface area is 90.8 Å². The zero-order chi connectivity index (χ0) is 11.2. The van der Waals surface area contributed by atoms with Crippen molar-refractivity contribution >= 4 is 11.5 Å². The molecule has 0 saturated carbocycles. The molecule has 15 heavy (non-hydrogen) atoms. The third-order valence-corrected chi connectivity index (χ3v) is 3.12. The Kier molecular flexibility index (Phi) is 2.18. The zero-order valence-corrected chi connectivity index (χ0v) is 9.79. The number of Topliss-reactive ketones (excluding diaryl/α,β-unsaturated/α-hetero) is 1. The number of carbonyl (C=O) groups excluding carboxylic acids is 1. The number of hydrogen-bond acceptors (Lipinski definition) is 2. The van der Waals surface area contributed by atoms with Crippen LogP contribution in [0.2, 0.25) is 0 Å². The van der Waals surface area contributed by atoms with Crippen LogP contribution in [0.15, 0.2) is 28.3 Å². The highest BCUT2D eigenvalue weighted by molar-refractivity contribution is 6.18. The first-order valence-electron chi connectivity index (χ1n) is 5.37. The molecule has 2 heteroatoms. The smallest absolute Gasteiger partial charge is 0.167 e. The molecule has 2 aliphatic rings. The molecule has 2 nitrogen and oxygen atoms in total. The number of fused-ring (bicyclic) bond motifs is 1. The van der Waals surface area contributed by atoms with Crippen molar-refractivity contribution in [1.29, 1.82) is 0 Å². The maximum atomic E-state index is 11.7. The van der Waals surface area contributed by atoms with E-state index in [0.717, 1.165) is 5.71 Å². The number of allylic oxidation sites excluding steroid dienone is 4. The molecule has 80 valence electrons. The molecule has 0 aromatic heterocycles. The van der Waals surface area contributed by atoms with E-state index in [-0.39, 0.29) is 17.1 Å². The summed E-state index contributed by atoms with van der Waals surface area (Å²) in [5.41, 5.74) is 3.52. The molecule has 0 spiro atoms. The quantitative estimate of drug-likeness (QED) is 0.595. The molecule has 1 aliphatic carbocycles. The number of carbonyl (C=O) groups is 1. The fourth-order valence-electron chi connectivity index (χ4n) is 2.43. The molecular formula is C13H17NO. The predicted molar refractivity (Wildman–Crippen MR) is 62.1 cm³/mol. The Bertz CT molecular complexity index is 405. The first-order chi connectivity index (χ1) is 6.91. The summed E-state index contributed by atoms with van der Waals surface area (Å²) in [6, 6.07) is 0. The van der Waals surface area contributed by atoms with Crippen LogP contribution in [0.4, 0.5) is 0 Å². The van der Waals surface area contributed by atoms with Crippen molar-refractivity contribution in [1.82, 2.24) is 0 Å². The molecule has 0 N–H and O–H groups in total. The minimum Gasteiger partial charge on any atom is -0.296 e. The highest BCUT2D eigenvalue weighted by atomic mass is 16.1. The number of aliphatic imine (C=N–C) groups is 1. The van der Waals surface area contributed by atoms with Crippen molar-refractivity contribution < 1.29 is 4.79 Å². The summed E-state index contributed by atoms with van der Waals surface area (Å²) in [4.78, 5) is 16.0. The molecule has 2 rings (SSSR count). The van der Waals surface area contributed by atoms with Crippen molar-refractivity contribution in [3.8, 4) is 0 Å². The second kappa shape index (κ2) is 3.16. The highest BCUT2D eigenvalue weighted by Crippen LogP contribution is 2.36. The van der Waals surface area contributed by atoms with Crippen LogP contribution >= 0.6 is 0 Å². The van der Waals surface area contributed by atoms with Gasteiger partial charge in [0, 0.05) is 5.71 Å². The summed E-state index contributed by atoms with van der Waals surface area (Å²) >= 11 is 0. The maximum Gasteiger partial charge on any atom is 0.167 e. The fourth-order valence-corrected chi connectivity index (χ4v) is 2.43. The van der Waals surface area contributed by atoms with Crippen LogP contribution in [0.5, 0.6) is 0 Å². The van der Waals surface area contributed by atoms with Crippen LogP contribution in [0, 0.1) is 11.3 Å². The molecule has 0 aromatic carbocycles. The van der Waals surface area contributed by atoms with Crippen LogP contribution < -0.4 is 0 Å². The molecule has 1 aliphatic heterocycles. The van der Waals surface area contributed by atoms with Gasteiger partial charge in [-0.05, 0) is 24.0 Å². The Hall–Kier alpha value is -1.18. The summed E-state index contributed by atoms with van der Waals surface area (Å²) < 4.78 is 0. The highest BCUT2D eigenvalue weighted by Gasteiger charge is 2.34. The van der Waals surface area contributed by atoms with Gasteiger partial charge in [0.25, 0.3) is 0 Å². The van der Waals surface area contributed by atoms with Gasteiger partial charge in [-0.1, -0.05) is 32.4 Å². The van der Waals surface area contributed by atoms with E-state index in [0.29, 0.717) is 6.54 Å². The minimum absolute atomic E-state index is 0.0516. The van der Waals surface area contributed by atoms with Crippen LogP contribution in [0.3, 0.4) is 0 Å². The van der Waals surface area contributed by atoms with Crippen LogP contribution in [-0.4, -0.2) is 18.0 Å². The largest absolute Gasteiger partial charge is 0.296 e. The van der Waals surface area contributed by atoms with Gasteiger partial charge in [0.15, 0.2) is 5.78 Å². The molecule has 0 radical (unpaired) electrons. The molecule has 0 amide bonds. The molecule has 0 bridgehead atoms. The van der Waals surface area contributed by atoms with Gasteiger partial charge >= 0.3 is 0 Å². The van der Waals surface area contributed by atoms with Crippen molar-refractivity contribution in [2.45, 2.75) is 27.7 Å². The summed E-state index contributed by atoms with van der Waals surface area (Å²) in [5, 5.41) is 0. The molecule has 1 heterocycles. The van der Waals surface area contributed by atoms with Gasteiger partial charge in [0.05, 0.1) is 12.5 Å². The number of hydrogen-bond donors (Lipinski definition) is 0. The van der Waals surface area contributed by atoms with Gasteiger partial charge in [-0.15, -0.1) is 0 Å². The Balaban J connectivity index is 2.48. The van der Waals surface area contributed by atoms with Crippen molar-refractivity contribution in [3.63, 3.8) is 0 Å². The third-order valence-electron chi connectivity index (χ3n) is 3.12. The Morgan fingerprint density at radius 2 is 2.00 bits per heavy atom. The van der Waals surface area contributed by atoms with Crippen molar-refractivity contribution in [3.05, 3.63) is 23.3 Å². The van der Waals surface area contributed by atoms with E-state index >= 15 is 0 Å². The standard InChI is InChI=1S/C13H17NO/c1-8-9(13(2,3)4)5-6-10-12(8)11(15)7-14-10/h5-6,12H,7H2,1-4H3. The lowest BCUT2D eigenvalue weighted by atomic mass is 9.75. The average molecular weight is 203 g/mol. The number of ketones is 1. The lowest BCUT2D eigenvalue weighted by molar-refractivity contribution is -0.118. The van der Waals surface area contributed by atoms with E-state index in [1.165, 1.54) is 11.1 Å². The molecule has 0 fully saturated rings. The third kappa shape index (κ3) is 1.58. The van der Waals surface area contributed by atoms with E-state index in [4.69, 9.17) is 0 Å². The second-order valence-corrected chi connectivity index (χ2v) is 5.32. The van der Waals surface area contributed by atoms with E-state index < -0.39 is 0 Å². The van der Waals surface area contributed by atoms with Crippen LogP contribution in [0.1, 0.15) is 27.7 Å². The first-order valence-corrected chi connectivity index (χ1v) is 5.37. The van der Waals surface area contributed by atoms with Gasteiger partial charge in [0.1, 0.15) is 0 Å². The van der Waals surface area contributed by atoms with Gasteiger partial charge in [-0.2, -0.15) is 0 Å². The van der Waals surface area contributed by atoms with E-state index in [2.05, 4.69) is 38.8 Å². The molecule has 0 saturated heterocycles. The topological polar surface area (TPSA) is 29.4 Å². The summed E-state index contributed by atoms with van der Waals surface area (Å²) in [7, 11) is 0.